The Hall–Kier alpha value is -0.610. The Balaban J connectivity index is 2.35. The second-order valence-electron chi connectivity index (χ2n) is 4.86. The van der Waals surface area contributed by atoms with Crippen LogP contribution in [0.4, 0.5) is 0 Å². The first-order valence-corrected chi connectivity index (χ1v) is 6.80. The summed E-state index contributed by atoms with van der Waals surface area (Å²) in [5.74, 6) is 0.107. The molecule has 1 saturated heterocycles. The number of hydrogen-bond acceptors (Lipinski definition) is 3. The van der Waals surface area contributed by atoms with E-state index in [2.05, 4.69) is 31.4 Å². The molecule has 0 saturated carbocycles. The number of hydrogen-bond donors (Lipinski definition) is 2. The second kappa shape index (κ2) is 7.67. The third-order valence-electron chi connectivity index (χ3n) is 3.26. The van der Waals surface area contributed by atoms with Crippen molar-refractivity contribution in [2.75, 3.05) is 19.8 Å². The first kappa shape index (κ1) is 14.5. The third kappa shape index (κ3) is 4.64. The molecule has 0 spiro atoms. The van der Waals surface area contributed by atoms with Gasteiger partial charge in [-0.05, 0) is 19.9 Å². The van der Waals surface area contributed by atoms with Crippen molar-refractivity contribution in [1.29, 1.82) is 0 Å². The molecule has 2 N–H and O–H groups in total. The van der Waals surface area contributed by atoms with Crippen LogP contribution in [0.15, 0.2) is 0 Å². The molecule has 0 bridgehead atoms. The average Bonchev–Trinajstić information content (AvgIpc) is 2.75. The van der Waals surface area contributed by atoms with Gasteiger partial charge in [-0.1, -0.05) is 26.7 Å². The van der Waals surface area contributed by atoms with E-state index in [1.165, 1.54) is 12.8 Å². The molecule has 4 nitrogen and oxygen atoms in total. The fourth-order valence-corrected chi connectivity index (χ4v) is 2.21. The van der Waals surface area contributed by atoms with E-state index in [9.17, 15) is 4.79 Å². The van der Waals surface area contributed by atoms with Gasteiger partial charge in [0.05, 0.1) is 19.1 Å². The lowest BCUT2D eigenvalue weighted by atomic mass is 10.0. The van der Waals surface area contributed by atoms with Crippen LogP contribution in [0.1, 0.15) is 40.0 Å². The molecule has 0 aliphatic carbocycles. The van der Waals surface area contributed by atoms with Crippen LogP contribution in [-0.4, -0.2) is 37.7 Å². The molecule has 0 aromatic heterocycles. The van der Waals surface area contributed by atoms with Crippen molar-refractivity contribution in [2.45, 2.75) is 52.1 Å². The summed E-state index contributed by atoms with van der Waals surface area (Å²) in [5, 5.41) is 6.39. The lowest BCUT2D eigenvalue weighted by Crippen LogP contribution is -2.46. The van der Waals surface area contributed by atoms with E-state index in [0.29, 0.717) is 13.2 Å². The quantitative estimate of drug-likeness (QED) is 0.707. The molecule has 1 heterocycles. The smallest absolute Gasteiger partial charge is 0.227 e. The van der Waals surface area contributed by atoms with Crippen LogP contribution in [-0.2, 0) is 9.53 Å². The minimum absolute atomic E-state index is 0.0287. The maximum absolute atomic E-state index is 12.1. The van der Waals surface area contributed by atoms with Crippen LogP contribution in [0.25, 0.3) is 0 Å². The summed E-state index contributed by atoms with van der Waals surface area (Å²) in [6, 6.07) is 0.448. The van der Waals surface area contributed by atoms with Crippen LogP contribution in [0.2, 0.25) is 0 Å². The highest BCUT2D eigenvalue weighted by Gasteiger charge is 2.33. The highest BCUT2D eigenvalue weighted by molar-refractivity contribution is 5.80. The van der Waals surface area contributed by atoms with Crippen molar-refractivity contribution in [3.05, 3.63) is 0 Å². The molecule has 4 heteroatoms. The predicted molar refractivity (Wildman–Crippen MR) is 68.9 cm³/mol. The Morgan fingerprint density at radius 2 is 2.18 bits per heavy atom. The van der Waals surface area contributed by atoms with Gasteiger partial charge >= 0.3 is 0 Å². The lowest BCUT2D eigenvalue weighted by molar-refractivity contribution is -0.126. The summed E-state index contributed by atoms with van der Waals surface area (Å²) < 4.78 is 5.38. The van der Waals surface area contributed by atoms with Crippen LogP contribution in [0.3, 0.4) is 0 Å². The molecular formula is C13H26N2O2. The molecule has 0 aromatic rings. The standard InChI is InChI=1S/C13H26N2O2/c1-4-6-7-10(3)15-13(16)11-8-17-9-12(11)14-5-2/h10-12,14H,4-9H2,1-3H3,(H,15,16). The van der Waals surface area contributed by atoms with Gasteiger partial charge in [0.15, 0.2) is 0 Å². The van der Waals surface area contributed by atoms with Crippen molar-refractivity contribution < 1.29 is 9.53 Å². The van der Waals surface area contributed by atoms with Gasteiger partial charge in [-0.25, -0.2) is 0 Å². The number of amides is 1. The van der Waals surface area contributed by atoms with Crippen molar-refractivity contribution in [3.63, 3.8) is 0 Å². The van der Waals surface area contributed by atoms with E-state index in [4.69, 9.17) is 4.74 Å². The first-order valence-electron chi connectivity index (χ1n) is 6.80. The number of likely N-dealkylation sites (N-methyl/N-ethyl adjacent to an activating group) is 1. The van der Waals surface area contributed by atoms with Gasteiger partial charge in [0.1, 0.15) is 0 Å². The number of unbranched alkanes of at least 4 members (excludes halogenated alkanes) is 1. The Morgan fingerprint density at radius 3 is 2.82 bits per heavy atom. The van der Waals surface area contributed by atoms with E-state index in [1.807, 2.05) is 0 Å². The molecular weight excluding hydrogens is 216 g/mol. The molecule has 17 heavy (non-hydrogen) atoms. The maximum Gasteiger partial charge on any atom is 0.227 e. The van der Waals surface area contributed by atoms with Gasteiger partial charge in [0.2, 0.25) is 5.91 Å². The summed E-state index contributed by atoms with van der Waals surface area (Å²) in [6.07, 6.45) is 3.40. The molecule has 3 atom stereocenters. The zero-order valence-electron chi connectivity index (χ0n) is 11.3. The Morgan fingerprint density at radius 1 is 1.41 bits per heavy atom. The third-order valence-corrected chi connectivity index (χ3v) is 3.26. The molecule has 1 fully saturated rings. The van der Waals surface area contributed by atoms with Gasteiger partial charge in [-0.15, -0.1) is 0 Å². The topological polar surface area (TPSA) is 50.4 Å². The molecule has 1 aliphatic rings. The van der Waals surface area contributed by atoms with E-state index in [0.717, 1.165) is 13.0 Å². The maximum atomic E-state index is 12.1. The molecule has 0 aromatic carbocycles. The number of nitrogens with one attached hydrogen (secondary N) is 2. The fraction of sp³-hybridized carbons (Fsp3) is 0.923. The number of ether oxygens (including phenoxy) is 1. The summed E-state index contributed by atoms with van der Waals surface area (Å²) in [7, 11) is 0. The van der Waals surface area contributed by atoms with Crippen LogP contribution >= 0.6 is 0 Å². The predicted octanol–water partition coefficient (Wildman–Crippen LogP) is 1.31. The summed E-state index contributed by atoms with van der Waals surface area (Å²) in [4.78, 5) is 12.1. The molecule has 1 rings (SSSR count). The molecule has 0 radical (unpaired) electrons. The van der Waals surface area contributed by atoms with Gasteiger partial charge in [0.25, 0.3) is 0 Å². The highest BCUT2D eigenvalue weighted by atomic mass is 16.5. The lowest BCUT2D eigenvalue weighted by Gasteiger charge is -2.20. The van der Waals surface area contributed by atoms with Crippen molar-refractivity contribution in [3.8, 4) is 0 Å². The number of carbonyl (C=O) groups excluding carboxylic acids is 1. The minimum Gasteiger partial charge on any atom is -0.379 e. The summed E-state index contributed by atoms with van der Waals surface area (Å²) in [6.45, 7) is 8.37. The average molecular weight is 242 g/mol. The summed E-state index contributed by atoms with van der Waals surface area (Å²) in [5.41, 5.74) is 0. The van der Waals surface area contributed by atoms with Crippen LogP contribution in [0.5, 0.6) is 0 Å². The van der Waals surface area contributed by atoms with E-state index >= 15 is 0 Å². The molecule has 3 unspecified atom stereocenters. The fourth-order valence-electron chi connectivity index (χ4n) is 2.21. The van der Waals surface area contributed by atoms with Crippen molar-refractivity contribution >= 4 is 5.91 Å². The summed E-state index contributed by atoms with van der Waals surface area (Å²) >= 11 is 0. The monoisotopic (exact) mass is 242 g/mol. The van der Waals surface area contributed by atoms with E-state index < -0.39 is 0 Å². The van der Waals surface area contributed by atoms with Gasteiger partial charge < -0.3 is 15.4 Å². The SMILES string of the molecule is CCCCC(C)NC(=O)C1COCC1NCC. The normalized spacial score (nSPS) is 25.8. The molecule has 1 aliphatic heterocycles. The molecule has 1 amide bonds. The largest absolute Gasteiger partial charge is 0.379 e. The Labute approximate surface area is 104 Å². The number of carbonyl (C=O) groups is 1. The second-order valence-corrected chi connectivity index (χ2v) is 4.86. The first-order chi connectivity index (χ1) is 8.19. The van der Waals surface area contributed by atoms with Crippen LogP contribution < -0.4 is 10.6 Å². The van der Waals surface area contributed by atoms with Crippen molar-refractivity contribution in [2.24, 2.45) is 5.92 Å². The van der Waals surface area contributed by atoms with Gasteiger partial charge in [-0.3, -0.25) is 4.79 Å². The van der Waals surface area contributed by atoms with E-state index in [1.54, 1.807) is 0 Å². The number of rotatable bonds is 7. The Bertz CT molecular complexity index is 233. The highest BCUT2D eigenvalue weighted by Crippen LogP contribution is 2.14. The Kier molecular flexibility index (Phi) is 6.52. The van der Waals surface area contributed by atoms with Crippen LogP contribution in [0, 0.1) is 5.92 Å². The molecule has 100 valence electrons. The van der Waals surface area contributed by atoms with Gasteiger partial charge in [0, 0.05) is 12.1 Å². The van der Waals surface area contributed by atoms with E-state index in [-0.39, 0.29) is 23.9 Å². The zero-order valence-corrected chi connectivity index (χ0v) is 11.3. The minimum atomic E-state index is -0.0287. The van der Waals surface area contributed by atoms with Gasteiger partial charge in [-0.2, -0.15) is 0 Å². The zero-order chi connectivity index (χ0) is 12.7. The van der Waals surface area contributed by atoms with Crippen molar-refractivity contribution in [1.82, 2.24) is 10.6 Å².